The molecule has 1 aromatic heterocycles. The molecule has 2 atom stereocenters. The number of hydrogen-bond acceptors (Lipinski definition) is 6. The average molecular weight is 669 g/mol. The van der Waals surface area contributed by atoms with E-state index in [-0.39, 0.29) is 42.3 Å². The second-order valence-electron chi connectivity index (χ2n) is 13.7. The molecule has 4 rings (SSSR count). The summed E-state index contributed by atoms with van der Waals surface area (Å²) >= 11 is 0. The Morgan fingerprint density at radius 3 is 2.27 bits per heavy atom. The van der Waals surface area contributed by atoms with Crippen LogP contribution in [-0.4, -0.2) is 58.2 Å². The third-order valence-corrected chi connectivity index (χ3v) is 8.82. The Hall–Kier alpha value is -3.99. The highest BCUT2D eigenvalue weighted by molar-refractivity contribution is 5.82. The number of halogens is 3. The van der Waals surface area contributed by atoms with Crippen molar-refractivity contribution in [2.45, 2.75) is 92.4 Å². The molecule has 0 spiro atoms. The molecule has 2 heterocycles. The predicted octanol–water partition coefficient (Wildman–Crippen LogP) is 6.41. The first-order chi connectivity index (χ1) is 22.5. The fourth-order valence-electron chi connectivity index (χ4n) is 6.63. The summed E-state index contributed by atoms with van der Waals surface area (Å²) in [6.07, 6.45) is 2.06. The Morgan fingerprint density at radius 1 is 1.04 bits per heavy atom. The van der Waals surface area contributed by atoms with Gasteiger partial charge in [-0.15, -0.1) is 0 Å². The Labute approximate surface area is 280 Å². The summed E-state index contributed by atoms with van der Waals surface area (Å²) in [4.78, 5) is 46.5. The molecule has 1 saturated heterocycles. The van der Waals surface area contributed by atoms with Crippen LogP contribution in [-0.2, 0) is 20.7 Å². The van der Waals surface area contributed by atoms with Crippen molar-refractivity contribution in [1.29, 1.82) is 0 Å². The van der Waals surface area contributed by atoms with Gasteiger partial charge in [-0.3, -0.25) is 19.1 Å². The molecule has 0 saturated carbocycles. The second-order valence-corrected chi connectivity index (χ2v) is 13.7. The van der Waals surface area contributed by atoms with Gasteiger partial charge in [0.2, 0.25) is 5.91 Å². The number of aryl methyl sites for hydroxylation is 4. The first-order valence-corrected chi connectivity index (χ1v) is 16.5. The fourth-order valence-corrected chi connectivity index (χ4v) is 6.63. The zero-order valence-electron chi connectivity index (χ0n) is 29.2. The lowest BCUT2D eigenvalue weighted by Crippen LogP contribution is -2.57. The third kappa shape index (κ3) is 8.72. The third-order valence-electron chi connectivity index (χ3n) is 8.82. The molecular formula is C37H47F3N4O4. The van der Waals surface area contributed by atoms with E-state index in [0.717, 1.165) is 11.1 Å². The highest BCUT2D eigenvalue weighted by Gasteiger charge is 2.38. The molecule has 1 amide bonds. The van der Waals surface area contributed by atoms with Gasteiger partial charge in [-0.05, 0) is 118 Å². The molecule has 0 unspecified atom stereocenters. The summed E-state index contributed by atoms with van der Waals surface area (Å²) in [6, 6.07) is 3.88. The van der Waals surface area contributed by atoms with Crippen molar-refractivity contribution in [2.75, 3.05) is 26.2 Å². The molecular weight excluding hydrogens is 621 g/mol. The summed E-state index contributed by atoms with van der Waals surface area (Å²) < 4.78 is 50.6. The van der Waals surface area contributed by atoms with Crippen LogP contribution in [0.1, 0.15) is 86.1 Å². The van der Waals surface area contributed by atoms with E-state index in [0.29, 0.717) is 48.4 Å². The molecule has 1 fully saturated rings. The number of carbonyl (C=O) groups is 2. The molecule has 3 aromatic rings. The van der Waals surface area contributed by atoms with Crippen molar-refractivity contribution in [3.05, 3.63) is 86.1 Å². The zero-order valence-corrected chi connectivity index (χ0v) is 29.2. The largest absolute Gasteiger partial charge is 0.466 e. The van der Waals surface area contributed by atoms with Crippen molar-refractivity contribution in [3.8, 4) is 11.1 Å². The number of benzene rings is 2. The Morgan fingerprint density at radius 2 is 1.69 bits per heavy atom. The van der Waals surface area contributed by atoms with Crippen molar-refractivity contribution < 1.29 is 27.5 Å². The van der Waals surface area contributed by atoms with Crippen LogP contribution in [0.15, 0.2) is 35.3 Å². The SMILES string of the molecule is CCOC(=O)C[C@H](NC(=O)[C@H](CC(C)C)n1cc(CCN2CC(C)(F)C2)c(C)nc1=O)c1cc(-c2c(C)cc(F)cc2C)cc(C)c1F. The number of carbonyl (C=O) groups excluding carboxylic acids is 2. The Balaban J connectivity index is 1.73. The molecule has 1 aliphatic rings. The Kier molecular flexibility index (Phi) is 11.6. The van der Waals surface area contributed by atoms with E-state index in [1.165, 1.54) is 16.7 Å². The standard InChI is InChI=1S/C37H47F3N4O4/c1-9-48-32(45)17-30(29-16-27(13-24(6)34(29)39)33-22(4)14-28(38)15-23(33)5)42-35(46)31(12-21(2)3)44-18-26(25(7)41-36(44)47)10-11-43-19-37(8,40)20-43/h13-16,18,21,30-31H,9-12,17,19-20H2,1-8H3,(H,42,46)/t30-,31-/m0/s1. The molecule has 0 aliphatic carbocycles. The van der Waals surface area contributed by atoms with Gasteiger partial charge >= 0.3 is 11.7 Å². The smallest absolute Gasteiger partial charge is 0.348 e. The topological polar surface area (TPSA) is 93.5 Å². The van der Waals surface area contributed by atoms with Crippen LogP contribution in [0.2, 0.25) is 0 Å². The van der Waals surface area contributed by atoms with Crippen molar-refractivity contribution in [3.63, 3.8) is 0 Å². The van der Waals surface area contributed by atoms with E-state index < -0.39 is 41.1 Å². The minimum atomic E-state index is -1.21. The van der Waals surface area contributed by atoms with Gasteiger partial charge in [-0.1, -0.05) is 13.8 Å². The van der Waals surface area contributed by atoms with Crippen LogP contribution < -0.4 is 11.0 Å². The molecule has 0 radical (unpaired) electrons. The van der Waals surface area contributed by atoms with Gasteiger partial charge < -0.3 is 10.1 Å². The summed E-state index contributed by atoms with van der Waals surface area (Å²) in [7, 11) is 0. The first kappa shape index (κ1) is 36.8. The molecule has 0 bridgehead atoms. The molecule has 260 valence electrons. The maximum atomic E-state index is 16.0. The van der Waals surface area contributed by atoms with Crippen LogP contribution in [0, 0.1) is 45.2 Å². The van der Waals surface area contributed by atoms with Gasteiger partial charge in [0, 0.05) is 37.1 Å². The molecule has 8 nitrogen and oxygen atoms in total. The number of aromatic nitrogens is 2. The van der Waals surface area contributed by atoms with Crippen LogP contribution in [0.3, 0.4) is 0 Å². The van der Waals surface area contributed by atoms with E-state index in [4.69, 9.17) is 4.74 Å². The van der Waals surface area contributed by atoms with Gasteiger partial charge in [-0.2, -0.15) is 4.98 Å². The number of ether oxygens (including phenoxy) is 1. The van der Waals surface area contributed by atoms with E-state index in [1.54, 1.807) is 59.9 Å². The highest BCUT2D eigenvalue weighted by atomic mass is 19.1. The molecule has 1 aliphatic heterocycles. The zero-order chi connectivity index (χ0) is 35.5. The molecule has 2 aromatic carbocycles. The van der Waals surface area contributed by atoms with Gasteiger partial charge in [-0.25, -0.2) is 18.0 Å². The first-order valence-electron chi connectivity index (χ1n) is 16.5. The minimum Gasteiger partial charge on any atom is -0.466 e. The van der Waals surface area contributed by atoms with E-state index in [2.05, 4.69) is 10.3 Å². The molecule has 48 heavy (non-hydrogen) atoms. The van der Waals surface area contributed by atoms with Crippen molar-refractivity contribution in [1.82, 2.24) is 19.8 Å². The fraction of sp³-hybridized carbons (Fsp3) is 0.514. The lowest BCUT2D eigenvalue weighted by Gasteiger charge is -2.42. The Bertz CT molecular complexity index is 1710. The van der Waals surface area contributed by atoms with Crippen LogP contribution >= 0.6 is 0 Å². The van der Waals surface area contributed by atoms with Crippen LogP contribution in [0.4, 0.5) is 13.2 Å². The summed E-state index contributed by atoms with van der Waals surface area (Å²) in [5.74, 6) is -2.21. The maximum absolute atomic E-state index is 16.0. The molecule has 11 heteroatoms. The summed E-state index contributed by atoms with van der Waals surface area (Å²) in [6.45, 7) is 15.2. The molecule has 1 N–H and O–H groups in total. The maximum Gasteiger partial charge on any atom is 0.348 e. The number of hydrogen-bond donors (Lipinski definition) is 1. The normalized spacial score (nSPS) is 15.6. The minimum absolute atomic E-state index is 0.0176. The number of nitrogens with one attached hydrogen (secondary N) is 1. The number of alkyl halides is 1. The number of rotatable bonds is 13. The van der Waals surface area contributed by atoms with Gasteiger partial charge in [0.05, 0.1) is 19.1 Å². The van der Waals surface area contributed by atoms with Crippen molar-refractivity contribution in [2.24, 2.45) is 5.92 Å². The van der Waals surface area contributed by atoms with Crippen molar-refractivity contribution >= 4 is 11.9 Å². The lowest BCUT2D eigenvalue weighted by molar-refractivity contribution is -0.144. The number of likely N-dealkylation sites (tertiary alicyclic amines) is 1. The quantitative estimate of drug-likeness (QED) is 0.212. The average Bonchev–Trinajstić information content (AvgIpc) is 2.95. The highest BCUT2D eigenvalue weighted by Crippen LogP contribution is 2.34. The van der Waals surface area contributed by atoms with Gasteiger partial charge in [0.25, 0.3) is 0 Å². The van der Waals surface area contributed by atoms with Crippen LogP contribution in [0.25, 0.3) is 11.1 Å². The van der Waals surface area contributed by atoms with Crippen LogP contribution in [0.5, 0.6) is 0 Å². The summed E-state index contributed by atoms with van der Waals surface area (Å²) in [5.41, 5.74) is 2.47. The van der Waals surface area contributed by atoms with E-state index in [9.17, 15) is 23.2 Å². The number of esters is 1. The number of amides is 1. The summed E-state index contributed by atoms with van der Waals surface area (Å²) in [5, 5.41) is 2.87. The van der Waals surface area contributed by atoms with Gasteiger partial charge in [0.15, 0.2) is 0 Å². The van der Waals surface area contributed by atoms with E-state index in [1.807, 2.05) is 18.7 Å². The predicted molar refractivity (Wildman–Crippen MR) is 180 cm³/mol. The lowest BCUT2D eigenvalue weighted by atomic mass is 9.90. The number of nitrogens with zero attached hydrogens (tertiary/aromatic N) is 3. The van der Waals surface area contributed by atoms with E-state index >= 15 is 4.39 Å². The second kappa shape index (κ2) is 15.1. The monoisotopic (exact) mass is 668 g/mol. The van der Waals surface area contributed by atoms with Gasteiger partial charge in [0.1, 0.15) is 23.3 Å².